The fourth-order valence-electron chi connectivity index (χ4n) is 2.58. The SMILES string of the molecule is CC1(C)[C@H](C(=O)O)[C@H]1C(=O)Nc1cccc(OC(F)(F)F)c1. The van der Waals surface area contributed by atoms with E-state index >= 15 is 0 Å². The molecule has 22 heavy (non-hydrogen) atoms. The molecule has 8 heteroatoms. The lowest BCUT2D eigenvalue weighted by atomic mass is 10.1. The van der Waals surface area contributed by atoms with E-state index in [1.54, 1.807) is 13.8 Å². The van der Waals surface area contributed by atoms with Crippen LogP contribution in [0.1, 0.15) is 13.8 Å². The number of anilines is 1. The number of hydrogen-bond acceptors (Lipinski definition) is 3. The van der Waals surface area contributed by atoms with Crippen molar-refractivity contribution in [3.8, 4) is 5.75 Å². The molecule has 0 bridgehead atoms. The molecule has 0 saturated heterocycles. The molecule has 0 heterocycles. The highest BCUT2D eigenvalue weighted by Crippen LogP contribution is 2.58. The summed E-state index contributed by atoms with van der Waals surface area (Å²) < 4.78 is 40.2. The molecular formula is C14H14F3NO4. The van der Waals surface area contributed by atoms with E-state index in [-0.39, 0.29) is 5.69 Å². The maximum absolute atomic E-state index is 12.1. The summed E-state index contributed by atoms with van der Waals surface area (Å²) in [4.78, 5) is 23.1. The third kappa shape index (κ3) is 3.32. The van der Waals surface area contributed by atoms with Crippen LogP contribution in [0, 0.1) is 17.3 Å². The average Bonchev–Trinajstić information content (AvgIpc) is 2.90. The Morgan fingerprint density at radius 3 is 2.41 bits per heavy atom. The van der Waals surface area contributed by atoms with Gasteiger partial charge >= 0.3 is 12.3 Å². The molecule has 2 rings (SSSR count). The number of ether oxygens (including phenoxy) is 1. The third-order valence-corrected chi connectivity index (χ3v) is 3.71. The Bertz CT molecular complexity index is 612. The Morgan fingerprint density at radius 1 is 1.27 bits per heavy atom. The van der Waals surface area contributed by atoms with Crippen molar-refractivity contribution in [2.45, 2.75) is 20.2 Å². The van der Waals surface area contributed by atoms with Crippen molar-refractivity contribution in [2.75, 3.05) is 5.32 Å². The van der Waals surface area contributed by atoms with Crippen molar-refractivity contribution >= 4 is 17.6 Å². The van der Waals surface area contributed by atoms with E-state index in [0.717, 1.165) is 12.1 Å². The molecule has 0 aliphatic heterocycles. The van der Waals surface area contributed by atoms with Crippen molar-refractivity contribution in [1.29, 1.82) is 0 Å². The number of carboxylic acid groups (broad SMARTS) is 1. The number of aliphatic carboxylic acids is 1. The van der Waals surface area contributed by atoms with Crippen LogP contribution in [0.25, 0.3) is 0 Å². The van der Waals surface area contributed by atoms with Gasteiger partial charge in [0.1, 0.15) is 5.75 Å². The first-order valence-electron chi connectivity index (χ1n) is 6.42. The molecule has 120 valence electrons. The van der Waals surface area contributed by atoms with Gasteiger partial charge in [0, 0.05) is 11.8 Å². The van der Waals surface area contributed by atoms with Crippen molar-refractivity contribution < 1.29 is 32.6 Å². The highest BCUT2D eigenvalue weighted by atomic mass is 19.4. The molecule has 1 fully saturated rings. The smallest absolute Gasteiger partial charge is 0.481 e. The number of carboxylic acids is 1. The highest BCUT2D eigenvalue weighted by molar-refractivity contribution is 5.99. The van der Waals surface area contributed by atoms with Crippen LogP contribution >= 0.6 is 0 Å². The van der Waals surface area contributed by atoms with Crippen molar-refractivity contribution in [3.63, 3.8) is 0 Å². The number of rotatable bonds is 4. The van der Waals surface area contributed by atoms with Gasteiger partial charge in [0.05, 0.1) is 11.8 Å². The maximum Gasteiger partial charge on any atom is 0.573 e. The Kier molecular flexibility index (Phi) is 3.80. The van der Waals surface area contributed by atoms with E-state index in [1.807, 2.05) is 0 Å². The van der Waals surface area contributed by atoms with Crippen molar-refractivity contribution in [1.82, 2.24) is 0 Å². The van der Waals surface area contributed by atoms with E-state index in [0.29, 0.717) is 0 Å². The number of carbonyl (C=O) groups is 2. The summed E-state index contributed by atoms with van der Waals surface area (Å²) in [7, 11) is 0. The normalized spacial score (nSPS) is 22.8. The fourth-order valence-corrected chi connectivity index (χ4v) is 2.58. The molecule has 1 aliphatic carbocycles. The summed E-state index contributed by atoms with van der Waals surface area (Å²) in [5, 5.41) is 11.4. The molecule has 5 nitrogen and oxygen atoms in total. The van der Waals surface area contributed by atoms with Crippen LogP contribution in [0.4, 0.5) is 18.9 Å². The summed E-state index contributed by atoms with van der Waals surface area (Å²) >= 11 is 0. The third-order valence-electron chi connectivity index (χ3n) is 3.71. The van der Waals surface area contributed by atoms with Crippen LogP contribution in [0.3, 0.4) is 0 Å². The number of benzene rings is 1. The molecule has 0 aromatic heterocycles. The summed E-state index contributed by atoms with van der Waals surface area (Å²) in [5.41, 5.74) is -0.575. The first-order chi connectivity index (χ1) is 10.0. The average molecular weight is 317 g/mol. The van der Waals surface area contributed by atoms with E-state index < -0.39 is 41.2 Å². The second-order valence-electron chi connectivity index (χ2n) is 5.68. The number of nitrogens with one attached hydrogen (secondary N) is 1. The zero-order valence-electron chi connectivity index (χ0n) is 11.8. The maximum atomic E-state index is 12.1. The Morgan fingerprint density at radius 2 is 1.91 bits per heavy atom. The number of carbonyl (C=O) groups excluding carboxylic acids is 1. The molecule has 1 saturated carbocycles. The molecule has 1 amide bonds. The van der Waals surface area contributed by atoms with E-state index in [1.165, 1.54) is 12.1 Å². The molecule has 2 N–H and O–H groups in total. The molecular weight excluding hydrogens is 303 g/mol. The molecule has 0 radical (unpaired) electrons. The lowest BCUT2D eigenvalue weighted by Crippen LogP contribution is -2.19. The van der Waals surface area contributed by atoms with Gasteiger partial charge in [0.2, 0.25) is 5.91 Å². The van der Waals surface area contributed by atoms with Gasteiger partial charge in [-0.3, -0.25) is 9.59 Å². The first-order valence-corrected chi connectivity index (χ1v) is 6.42. The zero-order valence-corrected chi connectivity index (χ0v) is 11.8. The number of amides is 1. The summed E-state index contributed by atoms with van der Waals surface area (Å²) in [6.45, 7) is 3.30. The topological polar surface area (TPSA) is 75.6 Å². The first kappa shape index (κ1) is 16.1. The van der Waals surface area contributed by atoms with Gasteiger partial charge in [-0.2, -0.15) is 0 Å². The lowest BCUT2D eigenvalue weighted by molar-refractivity contribution is -0.274. The van der Waals surface area contributed by atoms with Gasteiger partial charge in [-0.15, -0.1) is 13.2 Å². The highest BCUT2D eigenvalue weighted by Gasteiger charge is 2.65. The molecule has 2 atom stereocenters. The van der Waals surface area contributed by atoms with Crippen molar-refractivity contribution in [2.24, 2.45) is 17.3 Å². The predicted molar refractivity (Wildman–Crippen MR) is 70.2 cm³/mol. The van der Waals surface area contributed by atoms with Gasteiger partial charge < -0.3 is 15.2 Å². The quantitative estimate of drug-likeness (QED) is 0.895. The van der Waals surface area contributed by atoms with Crippen LogP contribution in [-0.4, -0.2) is 23.3 Å². The number of hydrogen-bond donors (Lipinski definition) is 2. The van der Waals surface area contributed by atoms with E-state index in [2.05, 4.69) is 10.1 Å². The standard InChI is InChI=1S/C14H14F3NO4/c1-13(2)9(10(13)12(20)21)11(19)18-7-4-3-5-8(6-7)22-14(15,16)17/h3-6,9-10H,1-2H3,(H,18,19)(H,20,21)/t9-,10-/m0/s1. The summed E-state index contributed by atoms with van der Waals surface area (Å²) in [5.74, 6) is -3.60. The Labute approximate surface area is 124 Å². The number of alkyl halides is 3. The summed E-state index contributed by atoms with van der Waals surface area (Å²) in [6, 6.07) is 4.82. The monoisotopic (exact) mass is 317 g/mol. The van der Waals surface area contributed by atoms with Gasteiger partial charge in [0.15, 0.2) is 0 Å². The molecule has 1 aromatic carbocycles. The summed E-state index contributed by atoms with van der Waals surface area (Å²) in [6.07, 6.45) is -4.82. The minimum atomic E-state index is -4.82. The van der Waals surface area contributed by atoms with Gasteiger partial charge in [-0.25, -0.2) is 0 Å². The molecule has 1 aliphatic rings. The van der Waals surface area contributed by atoms with Crippen LogP contribution in [0.15, 0.2) is 24.3 Å². The number of halogens is 3. The van der Waals surface area contributed by atoms with E-state index in [9.17, 15) is 22.8 Å². The molecule has 0 spiro atoms. The Hall–Kier alpha value is -2.25. The van der Waals surface area contributed by atoms with Crippen LogP contribution in [0.2, 0.25) is 0 Å². The largest absolute Gasteiger partial charge is 0.573 e. The van der Waals surface area contributed by atoms with Gasteiger partial charge in [0.25, 0.3) is 0 Å². The van der Waals surface area contributed by atoms with Crippen LogP contribution < -0.4 is 10.1 Å². The molecule has 0 unspecified atom stereocenters. The molecule has 1 aromatic rings. The Balaban J connectivity index is 2.07. The van der Waals surface area contributed by atoms with Gasteiger partial charge in [-0.1, -0.05) is 19.9 Å². The minimum absolute atomic E-state index is 0.110. The van der Waals surface area contributed by atoms with Gasteiger partial charge in [-0.05, 0) is 17.5 Å². The predicted octanol–water partition coefficient (Wildman–Crippen LogP) is 2.88. The zero-order chi connectivity index (χ0) is 16.7. The van der Waals surface area contributed by atoms with Crippen LogP contribution in [-0.2, 0) is 9.59 Å². The fraction of sp³-hybridized carbons (Fsp3) is 0.429. The second kappa shape index (κ2) is 5.19. The van der Waals surface area contributed by atoms with Crippen molar-refractivity contribution in [3.05, 3.63) is 24.3 Å². The van der Waals surface area contributed by atoms with E-state index in [4.69, 9.17) is 5.11 Å². The minimum Gasteiger partial charge on any atom is -0.481 e. The lowest BCUT2D eigenvalue weighted by Gasteiger charge is -2.11. The van der Waals surface area contributed by atoms with Crippen LogP contribution in [0.5, 0.6) is 5.75 Å². The second-order valence-corrected chi connectivity index (χ2v) is 5.68.